The lowest BCUT2D eigenvalue weighted by Crippen LogP contribution is -2.00. The van der Waals surface area contributed by atoms with E-state index in [0.29, 0.717) is 14.9 Å². The highest BCUT2D eigenvalue weighted by Gasteiger charge is 2.09. The first-order valence-electron chi connectivity index (χ1n) is 6.29. The average Bonchev–Trinajstić information content (AvgIpc) is 2.76. The van der Waals surface area contributed by atoms with Gasteiger partial charge in [0.2, 0.25) is 0 Å². The third kappa shape index (κ3) is 2.82. The van der Waals surface area contributed by atoms with E-state index in [1.54, 1.807) is 13.2 Å². The molecule has 1 heterocycles. The number of methoxy groups -OCH3 is 1. The number of hydrogen-bond acceptors (Lipinski definition) is 2. The van der Waals surface area contributed by atoms with Gasteiger partial charge in [-0.1, -0.05) is 12.1 Å². The molecular weight excluding hydrogens is 402 g/mol. The number of rotatable bonds is 3. The Morgan fingerprint density at radius 3 is 2.90 bits per heavy atom. The molecule has 0 aliphatic rings. The van der Waals surface area contributed by atoms with Gasteiger partial charge in [-0.05, 0) is 58.6 Å². The number of nitrogens with one attached hydrogen (secondary N) is 1. The van der Waals surface area contributed by atoms with Crippen molar-refractivity contribution in [1.82, 2.24) is 9.55 Å². The molecule has 0 unspecified atom stereocenters. The number of halogens is 2. The Morgan fingerprint density at radius 2 is 2.14 bits per heavy atom. The van der Waals surface area contributed by atoms with Gasteiger partial charge in [-0.2, -0.15) is 0 Å². The number of imidazole rings is 1. The second-order valence-corrected chi connectivity index (χ2v) is 6.20. The number of hydrogen-bond donors (Lipinski definition) is 1. The van der Waals surface area contributed by atoms with Crippen LogP contribution in [0.5, 0.6) is 5.75 Å². The molecule has 1 aromatic heterocycles. The summed E-state index contributed by atoms with van der Waals surface area (Å²) in [6.07, 6.45) is 0. The van der Waals surface area contributed by atoms with Gasteiger partial charge in [0.1, 0.15) is 11.6 Å². The molecule has 108 valence electrons. The molecule has 0 amide bonds. The first kappa shape index (κ1) is 14.5. The number of ether oxygens (including phenoxy) is 1. The monoisotopic (exact) mass is 414 g/mol. The maximum absolute atomic E-state index is 13.8. The van der Waals surface area contributed by atoms with Crippen LogP contribution in [0, 0.1) is 14.2 Å². The van der Waals surface area contributed by atoms with E-state index in [4.69, 9.17) is 17.0 Å². The average molecular weight is 414 g/mol. The minimum absolute atomic E-state index is 0.239. The van der Waals surface area contributed by atoms with E-state index >= 15 is 0 Å². The Kier molecular flexibility index (Phi) is 3.99. The van der Waals surface area contributed by atoms with Crippen LogP contribution in [-0.4, -0.2) is 16.7 Å². The van der Waals surface area contributed by atoms with Crippen LogP contribution in [0.2, 0.25) is 0 Å². The summed E-state index contributed by atoms with van der Waals surface area (Å²) in [6, 6.07) is 11.0. The lowest BCUT2D eigenvalue weighted by atomic mass is 10.2. The van der Waals surface area contributed by atoms with Gasteiger partial charge >= 0.3 is 0 Å². The van der Waals surface area contributed by atoms with Crippen molar-refractivity contribution in [1.29, 1.82) is 0 Å². The highest BCUT2D eigenvalue weighted by molar-refractivity contribution is 14.1. The Bertz CT molecular complexity index is 872. The van der Waals surface area contributed by atoms with Gasteiger partial charge in [-0.15, -0.1) is 0 Å². The van der Waals surface area contributed by atoms with Crippen LogP contribution in [0.15, 0.2) is 36.4 Å². The lowest BCUT2D eigenvalue weighted by Gasteiger charge is -2.07. The molecule has 21 heavy (non-hydrogen) atoms. The molecule has 3 aromatic rings. The van der Waals surface area contributed by atoms with Crippen molar-refractivity contribution < 1.29 is 9.13 Å². The largest absolute Gasteiger partial charge is 0.497 e. The predicted octanol–water partition coefficient (Wildman–Crippen LogP) is 4.50. The summed E-state index contributed by atoms with van der Waals surface area (Å²) in [5.41, 5.74) is 2.65. The fraction of sp³-hybridized carbons (Fsp3) is 0.133. The highest BCUT2D eigenvalue weighted by atomic mass is 127. The highest BCUT2D eigenvalue weighted by Crippen LogP contribution is 2.22. The number of benzene rings is 2. The van der Waals surface area contributed by atoms with Gasteiger partial charge in [0, 0.05) is 6.07 Å². The Labute approximate surface area is 139 Å². The van der Waals surface area contributed by atoms with Crippen LogP contribution in [-0.2, 0) is 6.54 Å². The van der Waals surface area contributed by atoms with Crippen molar-refractivity contribution in [3.63, 3.8) is 0 Å². The minimum Gasteiger partial charge on any atom is -0.497 e. The molecule has 0 aliphatic carbocycles. The lowest BCUT2D eigenvalue weighted by molar-refractivity contribution is 0.414. The summed E-state index contributed by atoms with van der Waals surface area (Å²) in [5.74, 6) is 0.552. The fourth-order valence-electron chi connectivity index (χ4n) is 2.26. The van der Waals surface area contributed by atoms with E-state index < -0.39 is 0 Å². The Balaban J connectivity index is 2.09. The molecule has 0 spiro atoms. The molecule has 0 saturated carbocycles. The van der Waals surface area contributed by atoms with Gasteiger partial charge in [0.05, 0.1) is 28.3 Å². The summed E-state index contributed by atoms with van der Waals surface area (Å²) < 4.78 is 22.1. The number of nitrogens with zero attached hydrogens (tertiary/aromatic N) is 1. The molecular formula is C15H12FIN2OS. The number of H-pyrrole nitrogens is 1. The number of aromatic amines is 1. The van der Waals surface area contributed by atoms with Crippen LogP contribution in [0.3, 0.4) is 0 Å². The molecule has 0 atom stereocenters. The molecule has 0 bridgehead atoms. The van der Waals surface area contributed by atoms with E-state index in [1.165, 1.54) is 6.07 Å². The Morgan fingerprint density at radius 1 is 1.33 bits per heavy atom. The standard InChI is InChI=1S/C15H12FIN2OS/c1-20-10-4-2-3-9(5-10)8-19-14-6-11(16)12(17)7-13(14)18-15(19)21/h2-7H,8H2,1H3,(H,18,21). The number of fused-ring (bicyclic) bond motifs is 1. The van der Waals surface area contributed by atoms with E-state index in [2.05, 4.69) is 4.98 Å². The maximum Gasteiger partial charge on any atom is 0.178 e. The van der Waals surface area contributed by atoms with Crippen LogP contribution in [0.25, 0.3) is 11.0 Å². The quantitative estimate of drug-likeness (QED) is 0.506. The Hall–Kier alpha value is -1.41. The van der Waals surface area contributed by atoms with E-state index in [0.717, 1.165) is 22.3 Å². The predicted molar refractivity (Wildman–Crippen MR) is 91.9 cm³/mol. The zero-order valence-electron chi connectivity index (χ0n) is 11.2. The second-order valence-electron chi connectivity index (χ2n) is 4.65. The van der Waals surface area contributed by atoms with Crippen molar-refractivity contribution in [2.75, 3.05) is 7.11 Å². The molecule has 0 fully saturated rings. The number of aromatic nitrogens is 2. The summed E-state index contributed by atoms with van der Waals surface area (Å²) in [5, 5.41) is 0. The molecule has 0 saturated heterocycles. The minimum atomic E-state index is -0.239. The second kappa shape index (κ2) is 5.76. The topological polar surface area (TPSA) is 29.9 Å². The van der Waals surface area contributed by atoms with Crippen molar-refractivity contribution in [2.24, 2.45) is 0 Å². The van der Waals surface area contributed by atoms with E-state index in [1.807, 2.05) is 51.4 Å². The van der Waals surface area contributed by atoms with Crippen LogP contribution >= 0.6 is 34.8 Å². The molecule has 6 heteroatoms. The van der Waals surface area contributed by atoms with Gasteiger partial charge < -0.3 is 14.3 Å². The van der Waals surface area contributed by atoms with Crippen LogP contribution in [0.4, 0.5) is 4.39 Å². The van der Waals surface area contributed by atoms with Crippen molar-refractivity contribution in [3.8, 4) is 5.75 Å². The zero-order chi connectivity index (χ0) is 15.0. The molecule has 0 aliphatic heterocycles. The normalized spacial score (nSPS) is 11.0. The smallest absolute Gasteiger partial charge is 0.178 e. The van der Waals surface area contributed by atoms with E-state index in [-0.39, 0.29) is 5.82 Å². The summed E-state index contributed by atoms with van der Waals surface area (Å²) in [6.45, 7) is 0.566. The van der Waals surface area contributed by atoms with Crippen LogP contribution < -0.4 is 4.74 Å². The third-order valence-electron chi connectivity index (χ3n) is 3.29. The summed E-state index contributed by atoms with van der Waals surface area (Å²) in [4.78, 5) is 3.12. The maximum atomic E-state index is 13.8. The molecule has 3 rings (SSSR count). The van der Waals surface area contributed by atoms with Gasteiger partial charge in [-0.3, -0.25) is 0 Å². The van der Waals surface area contributed by atoms with Gasteiger partial charge in [-0.25, -0.2) is 4.39 Å². The third-order valence-corrected chi connectivity index (χ3v) is 4.44. The van der Waals surface area contributed by atoms with Gasteiger partial charge in [0.15, 0.2) is 4.77 Å². The molecule has 2 aromatic carbocycles. The summed E-state index contributed by atoms with van der Waals surface area (Å²) in [7, 11) is 1.63. The van der Waals surface area contributed by atoms with E-state index in [9.17, 15) is 4.39 Å². The van der Waals surface area contributed by atoms with Crippen LogP contribution in [0.1, 0.15) is 5.56 Å². The molecule has 1 N–H and O–H groups in total. The van der Waals surface area contributed by atoms with Crippen molar-refractivity contribution in [3.05, 3.63) is 56.1 Å². The SMILES string of the molecule is COc1cccc(Cn2c(=S)[nH]c3cc(I)c(F)cc32)c1. The zero-order valence-corrected chi connectivity index (χ0v) is 14.2. The van der Waals surface area contributed by atoms with Gasteiger partial charge in [0.25, 0.3) is 0 Å². The first-order chi connectivity index (χ1) is 10.1. The van der Waals surface area contributed by atoms with Crippen molar-refractivity contribution >= 4 is 45.8 Å². The molecule has 3 nitrogen and oxygen atoms in total. The van der Waals surface area contributed by atoms with Crippen molar-refractivity contribution in [2.45, 2.75) is 6.54 Å². The first-order valence-corrected chi connectivity index (χ1v) is 7.77. The summed E-state index contributed by atoms with van der Waals surface area (Å²) >= 11 is 7.32. The fourth-order valence-corrected chi connectivity index (χ4v) is 3.00. The molecule has 0 radical (unpaired) electrons.